The molecule has 1 aromatic heterocycles. The van der Waals surface area contributed by atoms with Crippen LogP contribution in [0.3, 0.4) is 0 Å². The molecule has 0 aliphatic rings. The maximum absolute atomic E-state index is 12.5. The van der Waals surface area contributed by atoms with Crippen molar-refractivity contribution in [2.45, 2.75) is 27.2 Å². The van der Waals surface area contributed by atoms with Gasteiger partial charge in [-0.3, -0.25) is 4.79 Å². The first kappa shape index (κ1) is 15.6. The number of rotatable bonds is 3. The second-order valence-electron chi connectivity index (χ2n) is 5.66. The molecule has 0 saturated heterocycles. The van der Waals surface area contributed by atoms with Gasteiger partial charge in [0.15, 0.2) is 5.76 Å². The normalized spacial score (nSPS) is 11.0. The van der Waals surface area contributed by atoms with E-state index < -0.39 is 0 Å². The molecular weight excluding hydrogens is 310 g/mol. The number of aryl methyl sites for hydroxylation is 3. The molecule has 0 unspecified atom stereocenters. The summed E-state index contributed by atoms with van der Waals surface area (Å²) in [5.41, 5.74) is 4.42. The van der Waals surface area contributed by atoms with Gasteiger partial charge in [-0.1, -0.05) is 30.7 Å². The smallest absolute Gasteiger partial charge is 0.291 e. The van der Waals surface area contributed by atoms with E-state index in [0.717, 1.165) is 28.5 Å². The van der Waals surface area contributed by atoms with E-state index in [4.69, 9.17) is 16.0 Å². The summed E-state index contributed by atoms with van der Waals surface area (Å²) in [6.45, 7) is 5.93. The Labute approximate surface area is 140 Å². The summed E-state index contributed by atoms with van der Waals surface area (Å²) < 4.78 is 5.74. The number of hydrogen-bond acceptors (Lipinski definition) is 2. The lowest BCUT2D eigenvalue weighted by Gasteiger charge is -2.05. The van der Waals surface area contributed by atoms with Crippen molar-refractivity contribution in [1.29, 1.82) is 0 Å². The zero-order chi connectivity index (χ0) is 16.6. The van der Waals surface area contributed by atoms with Crippen LogP contribution in [0.2, 0.25) is 5.02 Å². The van der Waals surface area contributed by atoms with Crippen LogP contribution in [0.4, 0.5) is 5.69 Å². The Morgan fingerprint density at radius 2 is 1.96 bits per heavy atom. The number of amides is 1. The second kappa shape index (κ2) is 6.09. The first-order valence-electron chi connectivity index (χ1n) is 7.59. The monoisotopic (exact) mass is 327 g/mol. The number of nitrogens with one attached hydrogen (secondary N) is 1. The molecule has 1 N–H and O–H groups in total. The zero-order valence-corrected chi connectivity index (χ0v) is 14.1. The molecule has 0 bridgehead atoms. The van der Waals surface area contributed by atoms with E-state index in [-0.39, 0.29) is 5.91 Å². The Bertz CT molecular complexity index is 896. The molecule has 1 amide bonds. The van der Waals surface area contributed by atoms with E-state index in [9.17, 15) is 4.79 Å². The number of carbonyl (C=O) groups is 1. The van der Waals surface area contributed by atoms with Gasteiger partial charge in [0.25, 0.3) is 5.91 Å². The number of hydrogen-bond donors (Lipinski definition) is 1. The van der Waals surface area contributed by atoms with E-state index in [2.05, 4.69) is 18.3 Å². The molecule has 118 valence electrons. The number of halogens is 1. The predicted octanol–water partition coefficient (Wildman–Crippen LogP) is 5.52. The molecule has 1 heterocycles. The molecular formula is C19H18ClNO2. The van der Waals surface area contributed by atoms with Crippen molar-refractivity contribution < 1.29 is 9.21 Å². The minimum atomic E-state index is -0.267. The van der Waals surface area contributed by atoms with Crippen molar-refractivity contribution in [3.05, 3.63) is 63.9 Å². The fourth-order valence-corrected chi connectivity index (χ4v) is 2.74. The van der Waals surface area contributed by atoms with Gasteiger partial charge >= 0.3 is 0 Å². The third-order valence-electron chi connectivity index (χ3n) is 4.04. The van der Waals surface area contributed by atoms with Gasteiger partial charge in [-0.15, -0.1) is 0 Å². The first-order valence-corrected chi connectivity index (χ1v) is 7.97. The summed E-state index contributed by atoms with van der Waals surface area (Å²) in [5.74, 6) is 0.0709. The summed E-state index contributed by atoms with van der Waals surface area (Å²) in [5, 5.41) is 4.44. The molecule has 3 aromatic rings. The molecule has 0 radical (unpaired) electrons. The standard InChI is InChI=1S/C19H18ClNO2/c1-4-13-6-8-17-15(9-13)12(3)18(23-17)19(22)21-14-7-5-11(2)16(20)10-14/h5-10H,4H2,1-3H3,(H,21,22). The van der Waals surface area contributed by atoms with Crippen LogP contribution in [0.1, 0.15) is 34.2 Å². The lowest BCUT2D eigenvalue weighted by atomic mass is 10.1. The third kappa shape index (κ3) is 2.97. The van der Waals surface area contributed by atoms with Crippen LogP contribution in [-0.2, 0) is 6.42 Å². The van der Waals surface area contributed by atoms with E-state index >= 15 is 0 Å². The van der Waals surface area contributed by atoms with Crippen molar-refractivity contribution in [1.82, 2.24) is 0 Å². The van der Waals surface area contributed by atoms with Gasteiger partial charge in [-0.2, -0.15) is 0 Å². The molecule has 0 spiro atoms. The molecule has 0 atom stereocenters. The SMILES string of the molecule is CCc1ccc2oc(C(=O)Nc3ccc(C)c(Cl)c3)c(C)c2c1. The van der Waals surface area contributed by atoms with E-state index in [0.29, 0.717) is 16.5 Å². The summed E-state index contributed by atoms with van der Waals surface area (Å²) in [6, 6.07) is 11.5. The number of carbonyl (C=O) groups excluding carboxylic acids is 1. The highest BCUT2D eigenvalue weighted by molar-refractivity contribution is 6.31. The van der Waals surface area contributed by atoms with Gasteiger partial charge < -0.3 is 9.73 Å². The number of benzene rings is 2. The molecule has 3 nitrogen and oxygen atoms in total. The van der Waals surface area contributed by atoms with Crippen LogP contribution in [0.15, 0.2) is 40.8 Å². The van der Waals surface area contributed by atoms with Crippen molar-refractivity contribution in [3.63, 3.8) is 0 Å². The Balaban J connectivity index is 1.94. The summed E-state index contributed by atoms with van der Waals surface area (Å²) in [4.78, 5) is 12.5. The number of furan rings is 1. The Hall–Kier alpha value is -2.26. The Morgan fingerprint density at radius 1 is 1.17 bits per heavy atom. The van der Waals surface area contributed by atoms with Gasteiger partial charge in [-0.05, 0) is 55.7 Å². The van der Waals surface area contributed by atoms with Crippen LogP contribution < -0.4 is 5.32 Å². The molecule has 3 rings (SSSR count). The number of fused-ring (bicyclic) bond motifs is 1. The molecule has 0 aliphatic carbocycles. The van der Waals surface area contributed by atoms with Gasteiger partial charge in [0.2, 0.25) is 0 Å². The fourth-order valence-electron chi connectivity index (χ4n) is 2.56. The quantitative estimate of drug-likeness (QED) is 0.688. The first-order chi connectivity index (χ1) is 11.0. The zero-order valence-electron chi connectivity index (χ0n) is 13.4. The Morgan fingerprint density at radius 3 is 2.65 bits per heavy atom. The van der Waals surface area contributed by atoms with E-state index in [1.54, 1.807) is 6.07 Å². The Kier molecular flexibility index (Phi) is 4.14. The van der Waals surface area contributed by atoms with Gasteiger partial charge in [0.1, 0.15) is 5.58 Å². The van der Waals surface area contributed by atoms with Crippen LogP contribution in [0.25, 0.3) is 11.0 Å². The predicted molar refractivity (Wildman–Crippen MR) is 94.5 cm³/mol. The second-order valence-corrected chi connectivity index (χ2v) is 6.07. The lowest BCUT2D eigenvalue weighted by Crippen LogP contribution is -2.12. The van der Waals surface area contributed by atoms with Crippen LogP contribution >= 0.6 is 11.6 Å². The van der Waals surface area contributed by atoms with Crippen LogP contribution in [0, 0.1) is 13.8 Å². The minimum Gasteiger partial charge on any atom is -0.451 e. The lowest BCUT2D eigenvalue weighted by molar-refractivity contribution is 0.0998. The molecule has 0 aliphatic heterocycles. The molecule has 2 aromatic carbocycles. The highest BCUT2D eigenvalue weighted by Gasteiger charge is 2.18. The van der Waals surface area contributed by atoms with Gasteiger partial charge in [-0.25, -0.2) is 0 Å². The molecule has 4 heteroatoms. The fraction of sp³-hybridized carbons (Fsp3) is 0.211. The van der Waals surface area contributed by atoms with Crippen LogP contribution in [0.5, 0.6) is 0 Å². The van der Waals surface area contributed by atoms with Gasteiger partial charge in [0, 0.05) is 21.7 Å². The molecule has 23 heavy (non-hydrogen) atoms. The largest absolute Gasteiger partial charge is 0.451 e. The minimum absolute atomic E-state index is 0.267. The van der Waals surface area contributed by atoms with Crippen molar-refractivity contribution >= 4 is 34.2 Å². The topological polar surface area (TPSA) is 42.2 Å². The molecule has 0 fully saturated rings. The third-order valence-corrected chi connectivity index (χ3v) is 4.45. The summed E-state index contributed by atoms with van der Waals surface area (Å²) in [6.07, 6.45) is 0.948. The van der Waals surface area contributed by atoms with Crippen molar-refractivity contribution in [2.75, 3.05) is 5.32 Å². The maximum atomic E-state index is 12.5. The average molecular weight is 328 g/mol. The summed E-state index contributed by atoms with van der Waals surface area (Å²) >= 11 is 6.10. The summed E-state index contributed by atoms with van der Waals surface area (Å²) in [7, 11) is 0. The van der Waals surface area contributed by atoms with Crippen LogP contribution in [-0.4, -0.2) is 5.91 Å². The van der Waals surface area contributed by atoms with E-state index in [1.807, 2.05) is 38.1 Å². The highest BCUT2D eigenvalue weighted by Crippen LogP contribution is 2.28. The van der Waals surface area contributed by atoms with Gasteiger partial charge in [0.05, 0.1) is 0 Å². The number of anilines is 1. The van der Waals surface area contributed by atoms with E-state index in [1.165, 1.54) is 5.56 Å². The van der Waals surface area contributed by atoms with Crippen molar-refractivity contribution in [3.8, 4) is 0 Å². The average Bonchev–Trinajstić information content (AvgIpc) is 2.87. The molecule has 0 saturated carbocycles. The van der Waals surface area contributed by atoms with Crippen molar-refractivity contribution in [2.24, 2.45) is 0 Å². The maximum Gasteiger partial charge on any atom is 0.291 e. The highest BCUT2D eigenvalue weighted by atomic mass is 35.5.